The lowest BCUT2D eigenvalue weighted by Gasteiger charge is -2.25. The molecule has 0 radical (unpaired) electrons. The maximum absolute atomic E-state index is 11.9. The van der Waals surface area contributed by atoms with Crippen LogP contribution in [0.1, 0.15) is 6.42 Å². The van der Waals surface area contributed by atoms with Crippen molar-refractivity contribution in [2.45, 2.75) is 6.42 Å². The number of carbonyl (C=O) groups excluding carboxylic acids is 2. The average molecular weight is 478 g/mol. The van der Waals surface area contributed by atoms with Crippen LogP contribution in [0.15, 0.2) is 48.9 Å². The molecule has 0 saturated carbocycles. The van der Waals surface area contributed by atoms with Gasteiger partial charge in [0.15, 0.2) is 11.5 Å². The van der Waals surface area contributed by atoms with Crippen molar-refractivity contribution in [3.05, 3.63) is 48.9 Å². The number of benzene rings is 2. The highest BCUT2D eigenvalue weighted by molar-refractivity contribution is 8.15. The van der Waals surface area contributed by atoms with Gasteiger partial charge >= 0.3 is 5.91 Å². The number of carbonyl (C=O) groups is 2. The van der Waals surface area contributed by atoms with E-state index in [1.165, 1.54) is 6.33 Å². The maximum atomic E-state index is 11.9. The number of amides is 1. The molecule has 3 heterocycles. The zero-order valence-corrected chi connectivity index (χ0v) is 19.4. The predicted octanol–water partition coefficient (Wildman–Crippen LogP) is 3.73. The molecule has 1 aliphatic heterocycles. The SMILES string of the molecule is COc1cc2c(Nc3ccc4cc[nH]c4c3)ncnc2cc1OCCCN1CCSC(=O)C1=O. The molecule has 5 rings (SSSR count). The van der Waals surface area contributed by atoms with E-state index >= 15 is 0 Å². The molecule has 1 saturated heterocycles. The zero-order valence-electron chi connectivity index (χ0n) is 18.5. The summed E-state index contributed by atoms with van der Waals surface area (Å²) >= 11 is 1.08. The third kappa shape index (κ3) is 4.49. The first-order valence-electron chi connectivity index (χ1n) is 10.9. The highest BCUT2D eigenvalue weighted by atomic mass is 32.2. The first kappa shape index (κ1) is 22.0. The molecule has 2 aromatic heterocycles. The minimum absolute atomic E-state index is 0.374. The summed E-state index contributed by atoms with van der Waals surface area (Å²) in [4.78, 5) is 37.1. The van der Waals surface area contributed by atoms with Crippen molar-refractivity contribution in [1.29, 1.82) is 0 Å². The van der Waals surface area contributed by atoms with E-state index in [0.717, 1.165) is 33.7 Å². The Labute approximate surface area is 199 Å². The van der Waals surface area contributed by atoms with Gasteiger partial charge in [-0.15, -0.1) is 0 Å². The Morgan fingerprint density at radius 2 is 2.06 bits per heavy atom. The highest BCUT2D eigenvalue weighted by Crippen LogP contribution is 2.35. The van der Waals surface area contributed by atoms with E-state index in [1.807, 2.05) is 42.6 Å². The van der Waals surface area contributed by atoms with Crippen LogP contribution in [0, 0.1) is 0 Å². The van der Waals surface area contributed by atoms with Gasteiger partial charge in [0.1, 0.15) is 12.1 Å². The van der Waals surface area contributed by atoms with Crippen LogP contribution in [-0.4, -0.2) is 63.4 Å². The van der Waals surface area contributed by atoms with Crippen molar-refractivity contribution in [2.75, 3.05) is 37.9 Å². The van der Waals surface area contributed by atoms with Crippen LogP contribution in [-0.2, 0) is 9.59 Å². The molecule has 0 atom stereocenters. The molecule has 2 N–H and O–H groups in total. The number of thioether (sulfide) groups is 1. The van der Waals surface area contributed by atoms with Gasteiger partial charge < -0.3 is 24.7 Å². The van der Waals surface area contributed by atoms with E-state index in [4.69, 9.17) is 9.47 Å². The van der Waals surface area contributed by atoms with Gasteiger partial charge in [0.05, 0.1) is 19.2 Å². The molecule has 0 spiro atoms. The summed E-state index contributed by atoms with van der Waals surface area (Å²) in [6.07, 6.45) is 4.01. The monoisotopic (exact) mass is 477 g/mol. The van der Waals surface area contributed by atoms with E-state index in [2.05, 4.69) is 20.3 Å². The van der Waals surface area contributed by atoms with Crippen molar-refractivity contribution in [3.63, 3.8) is 0 Å². The van der Waals surface area contributed by atoms with Gasteiger partial charge in [-0.1, -0.05) is 17.8 Å². The third-order valence-corrected chi connectivity index (χ3v) is 6.45. The Balaban J connectivity index is 1.30. The second-order valence-electron chi connectivity index (χ2n) is 7.78. The first-order chi connectivity index (χ1) is 16.6. The molecule has 174 valence electrons. The van der Waals surface area contributed by atoms with Crippen LogP contribution in [0.25, 0.3) is 21.8 Å². The molecule has 1 fully saturated rings. The number of aromatic amines is 1. The van der Waals surface area contributed by atoms with Crippen LogP contribution in [0.4, 0.5) is 11.5 Å². The van der Waals surface area contributed by atoms with Gasteiger partial charge in [-0.05, 0) is 36.1 Å². The predicted molar refractivity (Wildman–Crippen MR) is 132 cm³/mol. The summed E-state index contributed by atoms with van der Waals surface area (Å²) in [6.45, 7) is 1.43. The quantitative estimate of drug-likeness (QED) is 0.292. The molecular formula is C24H23N5O4S. The lowest BCUT2D eigenvalue weighted by molar-refractivity contribution is -0.140. The Kier molecular flexibility index (Phi) is 6.22. The van der Waals surface area contributed by atoms with Gasteiger partial charge in [0, 0.05) is 47.7 Å². The van der Waals surface area contributed by atoms with Crippen LogP contribution in [0.5, 0.6) is 11.5 Å². The van der Waals surface area contributed by atoms with Gasteiger partial charge in [0.2, 0.25) is 0 Å². The molecule has 2 aromatic carbocycles. The van der Waals surface area contributed by atoms with Crippen molar-refractivity contribution in [2.24, 2.45) is 0 Å². The van der Waals surface area contributed by atoms with Gasteiger partial charge in [-0.2, -0.15) is 0 Å². The van der Waals surface area contributed by atoms with E-state index in [9.17, 15) is 9.59 Å². The Morgan fingerprint density at radius 3 is 2.94 bits per heavy atom. The number of fused-ring (bicyclic) bond motifs is 2. The van der Waals surface area contributed by atoms with Gasteiger partial charge in [-0.3, -0.25) is 9.59 Å². The normalized spacial score (nSPS) is 14.1. The number of rotatable bonds is 8. The standard InChI is InChI=1S/C24H23N5O4S/c1-32-20-12-17-19(13-21(20)33-9-2-7-29-8-10-34-24(31)23(29)30)26-14-27-22(17)28-16-4-3-15-5-6-25-18(15)11-16/h3-6,11-14,25H,2,7-10H2,1H3,(H,26,27,28). The van der Waals surface area contributed by atoms with Crippen molar-refractivity contribution < 1.29 is 19.1 Å². The lowest BCUT2D eigenvalue weighted by atomic mass is 10.2. The summed E-state index contributed by atoms with van der Waals surface area (Å²) in [5.74, 6) is 1.99. The molecule has 4 aromatic rings. The zero-order chi connectivity index (χ0) is 23.5. The van der Waals surface area contributed by atoms with Gasteiger partial charge in [0.25, 0.3) is 5.12 Å². The Hall–Kier alpha value is -3.79. The Morgan fingerprint density at radius 1 is 1.15 bits per heavy atom. The summed E-state index contributed by atoms with van der Waals surface area (Å²) in [6, 6.07) is 11.8. The number of H-pyrrole nitrogens is 1. The number of nitrogens with zero attached hydrogens (tertiary/aromatic N) is 3. The average Bonchev–Trinajstić information content (AvgIpc) is 3.32. The summed E-state index contributed by atoms with van der Waals surface area (Å²) in [5, 5.41) is 4.91. The number of hydrogen-bond acceptors (Lipinski definition) is 8. The second kappa shape index (κ2) is 9.60. The second-order valence-corrected chi connectivity index (χ2v) is 8.85. The number of methoxy groups -OCH3 is 1. The lowest BCUT2D eigenvalue weighted by Crippen LogP contribution is -2.42. The molecule has 1 amide bonds. The van der Waals surface area contributed by atoms with E-state index < -0.39 is 5.91 Å². The van der Waals surface area contributed by atoms with Crippen molar-refractivity contribution in [1.82, 2.24) is 19.9 Å². The molecule has 0 aliphatic carbocycles. The molecule has 9 nitrogen and oxygen atoms in total. The van der Waals surface area contributed by atoms with E-state index in [1.54, 1.807) is 12.0 Å². The summed E-state index contributed by atoms with van der Waals surface area (Å²) in [5.41, 5.74) is 2.65. The first-order valence-corrected chi connectivity index (χ1v) is 11.9. The summed E-state index contributed by atoms with van der Waals surface area (Å²) < 4.78 is 11.5. The summed E-state index contributed by atoms with van der Waals surface area (Å²) in [7, 11) is 1.58. The Bertz CT molecular complexity index is 1370. The van der Waals surface area contributed by atoms with Crippen molar-refractivity contribution >= 4 is 56.1 Å². The largest absolute Gasteiger partial charge is 0.493 e. The third-order valence-electron chi connectivity index (χ3n) is 5.62. The number of hydrogen-bond donors (Lipinski definition) is 2. The van der Waals surface area contributed by atoms with E-state index in [0.29, 0.717) is 54.7 Å². The smallest absolute Gasteiger partial charge is 0.301 e. The van der Waals surface area contributed by atoms with Gasteiger partial charge in [-0.25, -0.2) is 9.97 Å². The molecule has 1 aliphatic rings. The minimum Gasteiger partial charge on any atom is -0.493 e. The van der Waals surface area contributed by atoms with Crippen molar-refractivity contribution in [3.8, 4) is 11.5 Å². The number of ether oxygens (including phenoxy) is 2. The fourth-order valence-electron chi connectivity index (χ4n) is 3.89. The molecule has 0 bridgehead atoms. The maximum Gasteiger partial charge on any atom is 0.301 e. The molecule has 34 heavy (non-hydrogen) atoms. The van der Waals surface area contributed by atoms with Crippen LogP contribution in [0.3, 0.4) is 0 Å². The molecular weight excluding hydrogens is 454 g/mol. The number of aromatic nitrogens is 3. The van der Waals surface area contributed by atoms with Crippen LogP contribution in [0.2, 0.25) is 0 Å². The fraction of sp³-hybridized carbons (Fsp3) is 0.250. The number of anilines is 2. The van der Waals surface area contributed by atoms with E-state index in [-0.39, 0.29) is 5.12 Å². The fourth-order valence-corrected chi connectivity index (χ4v) is 4.64. The highest BCUT2D eigenvalue weighted by Gasteiger charge is 2.26. The topological polar surface area (TPSA) is 109 Å². The molecule has 10 heteroatoms. The van der Waals surface area contributed by atoms with Crippen LogP contribution >= 0.6 is 11.8 Å². The number of nitrogens with one attached hydrogen (secondary N) is 2. The molecule has 0 unspecified atom stereocenters. The van der Waals surface area contributed by atoms with Crippen LogP contribution < -0.4 is 14.8 Å². The minimum atomic E-state index is -0.424.